The highest BCUT2D eigenvalue weighted by molar-refractivity contribution is 7.86. The molecule has 1 aliphatic carbocycles. The van der Waals surface area contributed by atoms with Crippen LogP contribution in [0.4, 0.5) is 0 Å². The molecule has 1 atom stereocenters. The van der Waals surface area contributed by atoms with Crippen molar-refractivity contribution in [2.45, 2.75) is 11.7 Å². The van der Waals surface area contributed by atoms with Crippen LogP contribution in [0.25, 0.3) is 0 Å². The van der Waals surface area contributed by atoms with Gasteiger partial charge >= 0.3 is 0 Å². The van der Waals surface area contributed by atoms with Gasteiger partial charge in [0.15, 0.2) is 11.5 Å². The lowest BCUT2D eigenvalue weighted by molar-refractivity contribution is -0.113. The van der Waals surface area contributed by atoms with Gasteiger partial charge in [-0.3, -0.25) is 4.79 Å². The van der Waals surface area contributed by atoms with E-state index in [1.165, 1.54) is 12.1 Å². The van der Waals surface area contributed by atoms with Crippen LogP contribution in [0, 0.1) is 0 Å². The molecule has 0 saturated carbocycles. The van der Waals surface area contributed by atoms with Crippen LogP contribution in [-0.2, 0) is 14.9 Å². The van der Waals surface area contributed by atoms with Crippen LogP contribution in [0.2, 0.25) is 0 Å². The number of fused-ring (bicyclic) bond motifs is 1. The van der Waals surface area contributed by atoms with Crippen molar-refractivity contribution in [3.63, 3.8) is 0 Å². The number of hydrogen-bond acceptors (Lipinski definition) is 6. The first-order valence-corrected chi connectivity index (χ1v) is 6.21. The molecule has 0 fully saturated rings. The topological polar surface area (TPSA) is 107 Å². The lowest BCUT2D eigenvalue weighted by atomic mass is 9.89. The van der Waals surface area contributed by atoms with Crippen LogP contribution in [0.3, 0.4) is 0 Å². The Morgan fingerprint density at radius 2 is 2.00 bits per heavy atom. The van der Waals surface area contributed by atoms with Crippen molar-refractivity contribution < 1.29 is 23.0 Å². The molecule has 1 aromatic carbocycles. The van der Waals surface area contributed by atoms with Crippen molar-refractivity contribution >= 4 is 21.6 Å². The van der Waals surface area contributed by atoms with Gasteiger partial charge in [0.05, 0.1) is 5.25 Å². The first kappa shape index (κ1) is 11.7. The molecule has 0 aromatic heterocycles. The highest BCUT2D eigenvalue weighted by atomic mass is 32.2. The van der Waals surface area contributed by atoms with E-state index in [1.807, 2.05) is 0 Å². The number of rotatable bonds is 1. The molecule has 1 aromatic rings. The van der Waals surface area contributed by atoms with Crippen LogP contribution in [-0.4, -0.2) is 29.7 Å². The molecule has 0 bridgehead atoms. The number of benzene rings is 1. The van der Waals surface area contributed by atoms with E-state index in [-0.39, 0.29) is 16.8 Å². The lowest BCUT2D eigenvalue weighted by Crippen LogP contribution is -2.30. The van der Waals surface area contributed by atoms with E-state index in [1.54, 1.807) is 12.1 Å². The van der Waals surface area contributed by atoms with Gasteiger partial charge in [0, 0.05) is 12.0 Å². The van der Waals surface area contributed by atoms with Gasteiger partial charge in [0.1, 0.15) is 10.1 Å². The van der Waals surface area contributed by atoms with E-state index in [0.717, 1.165) is 0 Å². The van der Waals surface area contributed by atoms with Crippen molar-refractivity contribution in [2.24, 2.45) is 5.16 Å². The fourth-order valence-electron chi connectivity index (χ4n) is 1.89. The van der Waals surface area contributed by atoms with Gasteiger partial charge in [-0.2, -0.15) is 0 Å². The normalized spacial score (nSPS) is 22.5. The predicted octanol–water partition coefficient (Wildman–Crippen LogP) is 0.424. The average molecular weight is 254 g/mol. The van der Waals surface area contributed by atoms with Crippen molar-refractivity contribution in [3.8, 4) is 0 Å². The summed E-state index contributed by atoms with van der Waals surface area (Å²) in [5.74, 6) is -0.657. The smallest absolute Gasteiger partial charge is 0.186 e. The Bertz CT molecular complexity index is 605. The highest BCUT2D eigenvalue weighted by Crippen LogP contribution is 2.33. The fraction of sp³-hybridized carbons (Fsp3) is 0.200. The minimum atomic E-state index is -4.61. The molecule has 0 aliphatic heterocycles. The molecule has 1 N–H and O–H groups in total. The number of nitrogens with zero attached hydrogens (tertiary/aromatic N) is 1. The van der Waals surface area contributed by atoms with Gasteiger partial charge in [-0.1, -0.05) is 29.4 Å². The first-order valence-electron chi connectivity index (χ1n) is 4.74. The second-order valence-corrected chi connectivity index (χ2v) is 5.20. The molecule has 6 nitrogen and oxygen atoms in total. The minimum absolute atomic E-state index is 0.190. The van der Waals surface area contributed by atoms with Crippen molar-refractivity contribution in [1.82, 2.24) is 0 Å². The molecule has 1 unspecified atom stereocenters. The predicted molar refractivity (Wildman–Crippen MR) is 56.8 cm³/mol. The van der Waals surface area contributed by atoms with Gasteiger partial charge in [0.25, 0.3) is 0 Å². The Labute approximate surface area is 97.3 Å². The summed E-state index contributed by atoms with van der Waals surface area (Å²) in [6.07, 6.45) is -0.484. The Morgan fingerprint density at radius 3 is 2.59 bits per heavy atom. The van der Waals surface area contributed by atoms with Crippen LogP contribution in [0.15, 0.2) is 29.4 Å². The summed E-state index contributed by atoms with van der Waals surface area (Å²) in [6.45, 7) is 0. The SMILES string of the molecule is O=C1CC(S(=O)(=O)[O-])c2ccccc2C1=NO. The minimum Gasteiger partial charge on any atom is -0.747 e. The number of carbonyl (C=O) groups excluding carboxylic acids is 1. The molecule has 0 amide bonds. The van der Waals surface area contributed by atoms with Crippen LogP contribution in [0.5, 0.6) is 0 Å². The molecule has 90 valence electrons. The molecule has 0 heterocycles. The molecule has 1 aliphatic rings. The summed E-state index contributed by atoms with van der Waals surface area (Å²) in [5.41, 5.74) is 0.186. The second kappa shape index (κ2) is 3.94. The van der Waals surface area contributed by atoms with Crippen LogP contribution >= 0.6 is 0 Å². The number of hydrogen-bond donors (Lipinski definition) is 1. The maximum atomic E-state index is 11.6. The summed E-state index contributed by atoms with van der Waals surface area (Å²) in [6, 6.07) is 6.01. The third-order valence-corrected chi connectivity index (χ3v) is 3.76. The summed E-state index contributed by atoms with van der Waals surface area (Å²) in [5, 5.41) is 10.2. The average Bonchev–Trinajstić information content (AvgIpc) is 2.27. The molecular formula is C10H8NO5S-. The van der Waals surface area contributed by atoms with Gasteiger partial charge in [0.2, 0.25) is 0 Å². The van der Waals surface area contributed by atoms with Gasteiger partial charge in [-0.15, -0.1) is 0 Å². The van der Waals surface area contributed by atoms with Gasteiger partial charge in [-0.25, -0.2) is 8.42 Å². The van der Waals surface area contributed by atoms with E-state index in [2.05, 4.69) is 5.16 Å². The van der Waals surface area contributed by atoms with Crippen molar-refractivity contribution in [1.29, 1.82) is 0 Å². The molecule has 0 saturated heterocycles. The Kier molecular flexibility index (Phi) is 2.72. The summed E-state index contributed by atoms with van der Waals surface area (Å²) >= 11 is 0. The summed E-state index contributed by atoms with van der Waals surface area (Å²) in [7, 11) is -4.61. The summed E-state index contributed by atoms with van der Waals surface area (Å²) < 4.78 is 33.2. The van der Waals surface area contributed by atoms with Crippen molar-refractivity contribution in [2.75, 3.05) is 0 Å². The third kappa shape index (κ3) is 1.94. The molecule has 0 radical (unpaired) electrons. The zero-order chi connectivity index (χ0) is 12.6. The van der Waals surface area contributed by atoms with E-state index < -0.39 is 27.6 Å². The molecular weight excluding hydrogens is 246 g/mol. The quantitative estimate of drug-likeness (QED) is 0.444. The van der Waals surface area contributed by atoms with E-state index in [4.69, 9.17) is 5.21 Å². The Morgan fingerprint density at radius 1 is 1.35 bits per heavy atom. The number of oxime groups is 1. The zero-order valence-electron chi connectivity index (χ0n) is 8.53. The number of ketones is 1. The lowest BCUT2D eigenvalue weighted by Gasteiger charge is -2.26. The molecule has 0 spiro atoms. The maximum absolute atomic E-state index is 11.6. The number of Topliss-reactive ketones (excluding diaryl/α,β-unsaturated/α-hetero) is 1. The maximum Gasteiger partial charge on any atom is 0.186 e. The highest BCUT2D eigenvalue weighted by Gasteiger charge is 2.34. The standard InChI is InChI=1S/C10H9NO5S/c12-8-5-9(17(14,15)16)6-3-1-2-4-7(6)10(8)11-13/h1-4,9,13H,5H2,(H,14,15,16)/p-1. The zero-order valence-corrected chi connectivity index (χ0v) is 9.35. The summed E-state index contributed by atoms with van der Waals surface area (Å²) in [4.78, 5) is 11.6. The fourth-order valence-corrected chi connectivity index (χ4v) is 2.76. The Balaban J connectivity index is 2.69. The van der Waals surface area contributed by atoms with Crippen LogP contribution in [0.1, 0.15) is 22.8 Å². The second-order valence-electron chi connectivity index (χ2n) is 3.64. The molecule has 17 heavy (non-hydrogen) atoms. The number of carbonyl (C=O) groups is 1. The largest absolute Gasteiger partial charge is 0.747 e. The Hall–Kier alpha value is -1.73. The first-order chi connectivity index (χ1) is 7.95. The monoisotopic (exact) mass is 254 g/mol. The third-order valence-electron chi connectivity index (χ3n) is 2.65. The molecule has 7 heteroatoms. The van der Waals surface area contributed by atoms with Crippen LogP contribution < -0.4 is 0 Å². The van der Waals surface area contributed by atoms with E-state index >= 15 is 0 Å². The van der Waals surface area contributed by atoms with Gasteiger partial charge < -0.3 is 9.76 Å². The van der Waals surface area contributed by atoms with Gasteiger partial charge in [-0.05, 0) is 5.56 Å². The van der Waals surface area contributed by atoms with E-state index in [9.17, 15) is 17.8 Å². The van der Waals surface area contributed by atoms with E-state index in [0.29, 0.717) is 0 Å². The van der Waals surface area contributed by atoms with Crippen molar-refractivity contribution in [3.05, 3.63) is 35.4 Å². The molecule has 2 rings (SSSR count).